The molecule has 2 aromatic rings. The van der Waals surface area contributed by atoms with Crippen molar-refractivity contribution in [3.8, 4) is 5.82 Å². The van der Waals surface area contributed by atoms with Crippen LogP contribution in [0.4, 0.5) is 0 Å². The number of nitrogens with two attached hydrogens (primary N) is 1. The van der Waals surface area contributed by atoms with Crippen LogP contribution >= 0.6 is 0 Å². The Morgan fingerprint density at radius 1 is 1.35 bits per heavy atom. The number of aryl methyl sites for hydroxylation is 1. The Kier molecular flexibility index (Phi) is 4.90. The number of hydrogen-bond donors (Lipinski definition) is 1. The van der Waals surface area contributed by atoms with Gasteiger partial charge in [0.25, 0.3) is 5.91 Å². The molecule has 2 rings (SSSR count). The molecule has 0 saturated heterocycles. The Bertz CT molecular complexity index is 689. The summed E-state index contributed by atoms with van der Waals surface area (Å²) in [5.74, 6) is 0.841. The van der Waals surface area contributed by atoms with Crippen LogP contribution in [0.25, 0.3) is 5.82 Å². The Morgan fingerprint density at radius 3 is 2.61 bits per heavy atom. The third-order valence-electron chi connectivity index (χ3n) is 4.10. The van der Waals surface area contributed by atoms with Gasteiger partial charge in [-0.25, -0.2) is 4.98 Å². The van der Waals surface area contributed by atoms with Crippen LogP contribution in [-0.4, -0.2) is 40.5 Å². The third kappa shape index (κ3) is 3.62. The fourth-order valence-corrected chi connectivity index (χ4v) is 2.80. The van der Waals surface area contributed by atoms with Crippen LogP contribution in [0.3, 0.4) is 0 Å². The summed E-state index contributed by atoms with van der Waals surface area (Å²) < 4.78 is 2.01. The number of rotatable bonds is 5. The first-order chi connectivity index (χ1) is 10.8. The standard InChI is InChI=1S/C18H26N4O/c1-13-10-15(17(23)21(5)12-18(3,4)11-19)14(2)22(13)16-8-6-7-9-20-16/h6-10H,11-12,19H2,1-5H3. The monoisotopic (exact) mass is 314 g/mol. The second-order valence-corrected chi connectivity index (χ2v) is 6.84. The van der Waals surface area contributed by atoms with Gasteiger partial charge in [0.2, 0.25) is 0 Å². The highest BCUT2D eigenvalue weighted by Crippen LogP contribution is 2.22. The maximum Gasteiger partial charge on any atom is 0.255 e. The summed E-state index contributed by atoms with van der Waals surface area (Å²) >= 11 is 0. The molecule has 5 nitrogen and oxygen atoms in total. The highest BCUT2D eigenvalue weighted by molar-refractivity contribution is 5.95. The van der Waals surface area contributed by atoms with Gasteiger partial charge >= 0.3 is 0 Å². The molecule has 23 heavy (non-hydrogen) atoms. The number of carbonyl (C=O) groups excluding carboxylic acids is 1. The van der Waals surface area contributed by atoms with Crippen LogP contribution in [0.15, 0.2) is 30.5 Å². The maximum atomic E-state index is 12.8. The Balaban J connectivity index is 2.33. The van der Waals surface area contributed by atoms with Gasteiger partial charge in [0.05, 0.1) is 5.56 Å². The van der Waals surface area contributed by atoms with Crippen molar-refractivity contribution in [2.24, 2.45) is 11.1 Å². The van der Waals surface area contributed by atoms with E-state index < -0.39 is 0 Å². The molecule has 0 atom stereocenters. The number of amides is 1. The molecule has 2 aromatic heterocycles. The quantitative estimate of drug-likeness (QED) is 0.922. The van der Waals surface area contributed by atoms with Crippen LogP contribution in [-0.2, 0) is 0 Å². The predicted molar refractivity (Wildman–Crippen MR) is 92.8 cm³/mol. The van der Waals surface area contributed by atoms with Gasteiger partial charge in [-0.3, -0.25) is 4.79 Å². The van der Waals surface area contributed by atoms with Gasteiger partial charge in [-0.05, 0) is 44.0 Å². The molecule has 0 bridgehead atoms. The van der Waals surface area contributed by atoms with Crippen molar-refractivity contribution in [3.63, 3.8) is 0 Å². The molecule has 0 aliphatic rings. The zero-order valence-electron chi connectivity index (χ0n) is 14.6. The van der Waals surface area contributed by atoms with E-state index in [1.165, 1.54) is 0 Å². The van der Waals surface area contributed by atoms with Gasteiger partial charge in [-0.2, -0.15) is 0 Å². The summed E-state index contributed by atoms with van der Waals surface area (Å²) in [4.78, 5) is 18.9. The van der Waals surface area contributed by atoms with Crippen molar-refractivity contribution in [1.82, 2.24) is 14.5 Å². The molecule has 5 heteroatoms. The van der Waals surface area contributed by atoms with Crippen molar-refractivity contribution in [2.75, 3.05) is 20.1 Å². The van der Waals surface area contributed by atoms with E-state index in [0.717, 1.165) is 17.2 Å². The molecular weight excluding hydrogens is 288 g/mol. The summed E-state index contributed by atoms with van der Waals surface area (Å²) in [7, 11) is 1.83. The van der Waals surface area contributed by atoms with Gasteiger partial charge in [0.1, 0.15) is 5.82 Å². The first kappa shape index (κ1) is 17.2. The minimum Gasteiger partial charge on any atom is -0.341 e. The fraction of sp³-hybridized carbons (Fsp3) is 0.444. The van der Waals surface area contributed by atoms with E-state index in [0.29, 0.717) is 18.7 Å². The number of aromatic nitrogens is 2. The first-order valence-electron chi connectivity index (χ1n) is 7.83. The molecule has 0 fully saturated rings. The lowest BCUT2D eigenvalue weighted by Gasteiger charge is -2.29. The predicted octanol–water partition coefficient (Wildman–Crippen LogP) is 2.55. The lowest BCUT2D eigenvalue weighted by molar-refractivity contribution is 0.0740. The number of nitrogens with zero attached hydrogens (tertiary/aromatic N) is 3. The molecule has 124 valence electrons. The average Bonchev–Trinajstić information content (AvgIpc) is 2.81. The molecule has 0 aliphatic carbocycles. The lowest BCUT2D eigenvalue weighted by Crippen LogP contribution is -2.39. The van der Waals surface area contributed by atoms with Crippen molar-refractivity contribution in [3.05, 3.63) is 47.4 Å². The van der Waals surface area contributed by atoms with Crippen molar-refractivity contribution < 1.29 is 4.79 Å². The summed E-state index contributed by atoms with van der Waals surface area (Å²) in [6.45, 7) is 9.23. The van der Waals surface area contributed by atoms with E-state index in [1.54, 1.807) is 11.1 Å². The van der Waals surface area contributed by atoms with E-state index in [2.05, 4.69) is 18.8 Å². The normalized spacial score (nSPS) is 11.6. The Morgan fingerprint density at radius 2 is 2.04 bits per heavy atom. The average molecular weight is 314 g/mol. The van der Waals surface area contributed by atoms with Gasteiger partial charge in [0, 0.05) is 31.2 Å². The minimum absolute atomic E-state index is 0.0156. The van der Waals surface area contributed by atoms with Crippen molar-refractivity contribution in [1.29, 1.82) is 0 Å². The van der Waals surface area contributed by atoms with Crippen LogP contribution in [0, 0.1) is 19.3 Å². The summed E-state index contributed by atoms with van der Waals surface area (Å²) in [5, 5.41) is 0. The molecule has 2 heterocycles. The van der Waals surface area contributed by atoms with E-state index in [4.69, 9.17) is 5.73 Å². The topological polar surface area (TPSA) is 64.2 Å². The van der Waals surface area contributed by atoms with E-state index in [-0.39, 0.29) is 11.3 Å². The molecular formula is C18H26N4O. The maximum absolute atomic E-state index is 12.8. The lowest BCUT2D eigenvalue weighted by atomic mass is 9.93. The summed E-state index contributed by atoms with van der Waals surface area (Å²) in [5.41, 5.74) is 8.29. The molecule has 0 spiro atoms. The molecule has 0 aromatic carbocycles. The van der Waals surface area contributed by atoms with Crippen LogP contribution in [0.1, 0.15) is 35.6 Å². The second-order valence-electron chi connectivity index (χ2n) is 6.84. The SMILES string of the molecule is Cc1cc(C(=O)N(C)CC(C)(C)CN)c(C)n1-c1ccccn1. The van der Waals surface area contributed by atoms with Crippen LogP contribution in [0.5, 0.6) is 0 Å². The molecule has 0 radical (unpaired) electrons. The molecule has 0 saturated carbocycles. The number of hydrogen-bond acceptors (Lipinski definition) is 3. The third-order valence-corrected chi connectivity index (χ3v) is 4.10. The smallest absolute Gasteiger partial charge is 0.255 e. The van der Waals surface area contributed by atoms with Gasteiger partial charge in [-0.1, -0.05) is 19.9 Å². The van der Waals surface area contributed by atoms with Crippen LogP contribution in [0.2, 0.25) is 0 Å². The van der Waals surface area contributed by atoms with E-state index >= 15 is 0 Å². The zero-order chi connectivity index (χ0) is 17.2. The molecule has 0 aliphatic heterocycles. The van der Waals surface area contributed by atoms with Crippen molar-refractivity contribution in [2.45, 2.75) is 27.7 Å². The van der Waals surface area contributed by atoms with Gasteiger partial charge < -0.3 is 15.2 Å². The highest BCUT2D eigenvalue weighted by Gasteiger charge is 2.24. The summed E-state index contributed by atoms with van der Waals surface area (Å²) in [6.07, 6.45) is 1.76. The summed E-state index contributed by atoms with van der Waals surface area (Å²) in [6, 6.07) is 7.69. The molecule has 2 N–H and O–H groups in total. The van der Waals surface area contributed by atoms with Crippen molar-refractivity contribution >= 4 is 5.91 Å². The Labute approximate surface area is 138 Å². The number of carbonyl (C=O) groups is 1. The van der Waals surface area contributed by atoms with Crippen LogP contribution < -0.4 is 5.73 Å². The fourth-order valence-electron chi connectivity index (χ4n) is 2.80. The first-order valence-corrected chi connectivity index (χ1v) is 7.83. The number of pyridine rings is 1. The second kappa shape index (κ2) is 6.54. The Hall–Kier alpha value is -2.14. The molecule has 0 unspecified atom stereocenters. The largest absolute Gasteiger partial charge is 0.341 e. The minimum atomic E-state index is -0.100. The van der Waals surface area contributed by atoms with E-state index in [9.17, 15) is 4.79 Å². The zero-order valence-corrected chi connectivity index (χ0v) is 14.6. The van der Waals surface area contributed by atoms with E-state index in [1.807, 2.05) is 49.7 Å². The van der Waals surface area contributed by atoms with Gasteiger partial charge in [-0.15, -0.1) is 0 Å². The van der Waals surface area contributed by atoms with Gasteiger partial charge in [0.15, 0.2) is 0 Å². The molecule has 1 amide bonds. The highest BCUT2D eigenvalue weighted by atomic mass is 16.2.